The molecule has 1 saturated carbocycles. The predicted molar refractivity (Wildman–Crippen MR) is 60.6 cm³/mol. The van der Waals surface area contributed by atoms with Gasteiger partial charge in [-0.2, -0.15) is 9.37 Å². The van der Waals surface area contributed by atoms with Gasteiger partial charge in [0.25, 0.3) is 5.95 Å². The number of halogens is 3. The first-order valence-corrected chi connectivity index (χ1v) is 5.97. The van der Waals surface area contributed by atoms with Gasteiger partial charge in [0, 0.05) is 6.07 Å². The second-order valence-electron chi connectivity index (χ2n) is 4.72. The molecule has 0 aliphatic heterocycles. The van der Waals surface area contributed by atoms with Gasteiger partial charge in [0.1, 0.15) is 0 Å². The monoisotopic (exact) mass is 260 g/mol. The van der Waals surface area contributed by atoms with E-state index < -0.39 is 23.1 Å². The second-order valence-corrected chi connectivity index (χ2v) is 4.72. The fraction of sp³-hybridized carbons (Fsp3) is 0.583. The minimum atomic E-state index is -1.34. The summed E-state index contributed by atoms with van der Waals surface area (Å²) in [7, 11) is 0. The standard InChI is InChI=1S/C12H15F3N2O/c13-8-6-9(14)11(16-10(8)15)17-12(7-18)4-2-1-3-5-12/h6,18H,1-5,7H2,(H,16,17). The molecule has 0 amide bonds. The number of pyridine rings is 1. The molecule has 6 heteroatoms. The summed E-state index contributed by atoms with van der Waals surface area (Å²) < 4.78 is 39.2. The van der Waals surface area contributed by atoms with Crippen molar-refractivity contribution in [1.29, 1.82) is 0 Å². The molecule has 0 radical (unpaired) electrons. The van der Waals surface area contributed by atoms with E-state index >= 15 is 0 Å². The van der Waals surface area contributed by atoms with Crippen molar-refractivity contribution in [3.8, 4) is 0 Å². The van der Waals surface area contributed by atoms with Crippen LogP contribution in [0, 0.1) is 17.6 Å². The zero-order chi connectivity index (χ0) is 13.2. The average Bonchev–Trinajstić information content (AvgIpc) is 2.37. The number of aliphatic hydroxyl groups excluding tert-OH is 1. The van der Waals surface area contributed by atoms with E-state index in [0.717, 1.165) is 19.3 Å². The van der Waals surface area contributed by atoms with E-state index in [1.807, 2.05) is 0 Å². The molecule has 1 aromatic heterocycles. The number of aliphatic hydroxyl groups is 1. The van der Waals surface area contributed by atoms with Gasteiger partial charge in [-0.3, -0.25) is 0 Å². The molecule has 0 aromatic carbocycles. The van der Waals surface area contributed by atoms with Crippen molar-refractivity contribution in [3.05, 3.63) is 23.6 Å². The SMILES string of the molecule is OCC1(Nc2nc(F)c(F)cc2F)CCCCC1. The van der Waals surface area contributed by atoms with E-state index in [-0.39, 0.29) is 12.4 Å². The van der Waals surface area contributed by atoms with Crippen molar-refractivity contribution in [1.82, 2.24) is 4.98 Å². The number of aromatic nitrogens is 1. The topological polar surface area (TPSA) is 45.1 Å². The van der Waals surface area contributed by atoms with Crippen LogP contribution in [0.2, 0.25) is 0 Å². The Labute approximate surface area is 103 Å². The van der Waals surface area contributed by atoms with Crippen molar-refractivity contribution in [3.63, 3.8) is 0 Å². The van der Waals surface area contributed by atoms with Crippen LogP contribution in [0.3, 0.4) is 0 Å². The molecule has 1 aromatic rings. The van der Waals surface area contributed by atoms with Gasteiger partial charge in [-0.1, -0.05) is 19.3 Å². The van der Waals surface area contributed by atoms with Crippen LogP contribution < -0.4 is 5.32 Å². The quantitative estimate of drug-likeness (QED) is 0.821. The molecule has 1 aliphatic carbocycles. The molecule has 18 heavy (non-hydrogen) atoms. The van der Waals surface area contributed by atoms with Crippen LogP contribution in [0.1, 0.15) is 32.1 Å². The molecule has 0 unspecified atom stereocenters. The highest BCUT2D eigenvalue weighted by Gasteiger charge is 2.32. The van der Waals surface area contributed by atoms with Gasteiger partial charge in [-0.05, 0) is 12.8 Å². The largest absolute Gasteiger partial charge is 0.394 e. The maximum Gasteiger partial charge on any atom is 0.251 e. The first-order chi connectivity index (χ1) is 8.56. The number of hydrogen-bond donors (Lipinski definition) is 2. The smallest absolute Gasteiger partial charge is 0.251 e. The van der Waals surface area contributed by atoms with Gasteiger partial charge in [-0.15, -0.1) is 0 Å². The first-order valence-electron chi connectivity index (χ1n) is 5.97. The van der Waals surface area contributed by atoms with Crippen LogP contribution in [-0.4, -0.2) is 22.2 Å². The summed E-state index contributed by atoms with van der Waals surface area (Å²) in [6, 6.07) is 0.457. The van der Waals surface area contributed by atoms with E-state index in [1.54, 1.807) is 0 Å². The van der Waals surface area contributed by atoms with Gasteiger partial charge in [-0.25, -0.2) is 8.78 Å². The van der Waals surface area contributed by atoms with Crippen molar-refractivity contribution in [2.75, 3.05) is 11.9 Å². The zero-order valence-electron chi connectivity index (χ0n) is 9.85. The Hall–Kier alpha value is -1.30. The molecule has 0 spiro atoms. The highest BCUT2D eigenvalue weighted by atomic mass is 19.2. The van der Waals surface area contributed by atoms with Crippen LogP contribution in [0.5, 0.6) is 0 Å². The van der Waals surface area contributed by atoms with E-state index in [2.05, 4.69) is 10.3 Å². The minimum absolute atomic E-state index is 0.187. The Morgan fingerprint density at radius 2 is 1.83 bits per heavy atom. The summed E-state index contributed by atoms with van der Waals surface area (Å²) in [6.07, 6.45) is 4.17. The summed E-state index contributed by atoms with van der Waals surface area (Å²) in [5.74, 6) is -3.96. The lowest BCUT2D eigenvalue weighted by atomic mass is 9.82. The van der Waals surface area contributed by atoms with Crippen LogP contribution >= 0.6 is 0 Å². The summed E-state index contributed by atoms with van der Waals surface area (Å²) in [6.45, 7) is -0.187. The normalized spacial score (nSPS) is 18.7. The molecule has 0 saturated heterocycles. The second kappa shape index (κ2) is 5.14. The molecule has 1 fully saturated rings. The first kappa shape index (κ1) is 13.1. The lowest BCUT2D eigenvalue weighted by Crippen LogP contribution is -2.44. The van der Waals surface area contributed by atoms with Crippen LogP contribution in [-0.2, 0) is 0 Å². The maximum atomic E-state index is 13.5. The average molecular weight is 260 g/mol. The Bertz CT molecular complexity index is 434. The summed E-state index contributed by atoms with van der Waals surface area (Å²) in [4.78, 5) is 3.22. The lowest BCUT2D eigenvalue weighted by Gasteiger charge is -2.36. The molecular formula is C12H15F3N2O. The molecule has 0 bridgehead atoms. The van der Waals surface area contributed by atoms with E-state index in [4.69, 9.17) is 0 Å². The molecule has 1 heterocycles. The molecule has 0 atom stereocenters. The predicted octanol–water partition coefficient (Wildman–Crippen LogP) is 2.61. The lowest BCUT2D eigenvalue weighted by molar-refractivity contribution is 0.172. The van der Waals surface area contributed by atoms with Crippen molar-refractivity contribution in [2.45, 2.75) is 37.6 Å². The Morgan fingerprint density at radius 3 is 2.44 bits per heavy atom. The van der Waals surface area contributed by atoms with Gasteiger partial charge < -0.3 is 10.4 Å². The van der Waals surface area contributed by atoms with Crippen LogP contribution in [0.4, 0.5) is 19.0 Å². The third kappa shape index (κ3) is 2.58. The molecule has 2 rings (SSSR count). The fourth-order valence-corrected chi connectivity index (χ4v) is 2.33. The summed E-state index contributed by atoms with van der Waals surface area (Å²) in [5, 5.41) is 12.2. The Kier molecular flexibility index (Phi) is 3.75. The van der Waals surface area contributed by atoms with Gasteiger partial charge in [0.05, 0.1) is 12.1 Å². The van der Waals surface area contributed by atoms with Gasteiger partial charge >= 0.3 is 0 Å². The van der Waals surface area contributed by atoms with Crippen LogP contribution in [0.25, 0.3) is 0 Å². The summed E-state index contributed by atoms with van der Waals surface area (Å²) >= 11 is 0. The number of hydrogen-bond acceptors (Lipinski definition) is 3. The number of anilines is 1. The zero-order valence-corrected chi connectivity index (χ0v) is 9.85. The van der Waals surface area contributed by atoms with Crippen molar-refractivity contribution >= 4 is 5.82 Å². The molecular weight excluding hydrogens is 245 g/mol. The molecule has 1 aliphatic rings. The fourth-order valence-electron chi connectivity index (χ4n) is 2.33. The Morgan fingerprint density at radius 1 is 1.17 bits per heavy atom. The van der Waals surface area contributed by atoms with Crippen molar-refractivity contribution < 1.29 is 18.3 Å². The highest BCUT2D eigenvalue weighted by Crippen LogP contribution is 2.31. The minimum Gasteiger partial charge on any atom is -0.394 e. The van der Waals surface area contributed by atoms with E-state index in [1.165, 1.54) is 0 Å². The third-order valence-corrected chi connectivity index (χ3v) is 3.38. The van der Waals surface area contributed by atoms with E-state index in [9.17, 15) is 18.3 Å². The Balaban J connectivity index is 2.24. The van der Waals surface area contributed by atoms with E-state index in [0.29, 0.717) is 18.9 Å². The number of nitrogens with one attached hydrogen (secondary N) is 1. The molecule has 100 valence electrons. The number of nitrogens with zero attached hydrogens (tertiary/aromatic N) is 1. The molecule has 3 nitrogen and oxygen atoms in total. The number of rotatable bonds is 3. The maximum absolute atomic E-state index is 13.5. The van der Waals surface area contributed by atoms with Gasteiger partial charge in [0.2, 0.25) is 0 Å². The van der Waals surface area contributed by atoms with Crippen molar-refractivity contribution in [2.24, 2.45) is 0 Å². The summed E-state index contributed by atoms with van der Waals surface area (Å²) in [5.41, 5.74) is -0.684. The third-order valence-electron chi connectivity index (χ3n) is 3.38. The van der Waals surface area contributed by atoms with Gasteiger partial charge in [0.15, 0.2) is 17.5 Å². The molecule has 2 N–H and O–H groups in total. The van der Waals surface area contributed by atoms with Crippen LogP contribution in [0.15, 0.2) is 6.07 Å². The highest BCUT2D eigenvalue weighted by molar-refractivity contribution is 5.39.